The molecule has 2 heterocycles. The number of aromatic nitrogens is 1. The van der Waals surface area contributed by atoms with E-state index in [1.165, 1.54) is 17.4 Å². The third-order valence-corrected chi connectivity index (χ3v) is 4.86. The van der Waals surface area contributed by atoms with E-state index in [2.05, 4.69) is 4.98 Å². The van der Waals surface area contributed by atoms with E-state index >= 15 is 0 Å². The van der Waals surface area contributed by atoms with Crippen LogP contribution in [-0.4, -0.2) is 16.7 Å². The summed E-state index contributed by atoms with van der Waals surface area (Å²) in [5.41, 5.74) is 2.39. The Labute approximate surface area is 152 Å². The maximum atomic E-state index is 10.9. The van der Waals surface area contributed by atoms with E-state index in [1.54, 1.807) is 19.1 Å². The molecule has 0 bridgehead atoms. The number of ether oxygens (including phenoxy) is 3. The lowest BCUT2D eigenvalue weighted by atomic mass is 10.2. The minimum Gasteiger partial charge on any atom is -0.487 e. The minimum absolute atomic E-state index is 0.0797. The Hall–Kier alpha value is -3.13. The van der Waals surface area contributed by atoms with Crippen molar-refractivity contribution in [1.82, 2.24) is 4.98 Å². The van der Waals surface area contributed by atoms with E-state index < -0.39 is 4.92 Å². The highest BCUT2D eigenvalue weighted by atomic mass is 32.1. The number of nitro groups is 1. The maximum Gasteiger partial charge on any atom is 0.272 e. The largest absolute Gasteiger partial charge is 0.487 e. The number of aryl methyl sites for hydroxylation is 1. The van der Waals surface area contributed by atoms with Crippen LogP contribution in [0.25, 0.3) is 10.6 Å². The van der Waals surface area contributed by atoms with Crippen LogP contribution in [-0.2, 0) is 6.61 Å². The summed E-state index contributed by atoms with van der Waals surface area (Å²) in [6, 6.07) is 10.4. The van der Waals surface area contributed by atoms with Gasteiger partial charge in [0, 0.05) is 22.6 Å². The summed E-state index contributed by atoms with van der Waals surface area (Å²) in [6.07, 6.45) is 0. The Bertz CT molecular complexity index is 985. The van der Waals surface area contributed by atoms with Crippen molar-refractivity contribution in [3.05, 3.63) is 63.1 Å². The van der Waals surface area contributed by atoms with Crippen LogP contribution >= 0.6 is 11.3 Å². The summed E-state index contributed by atoms with van der Waals surface area (Å²) in [6.45, 7) is 2.22. The van der Waals surface area contributed by atoms with E-state index in [1.807, 2.05) is 23.6 Å². The fourth-order valence-electron chi connectivity index (χ4n) is 2.62. The van der Waals surface area contributed by atoms with Gasteiger partial charge in [-0.1, -0.05) is 0 Å². The van der Waals surface area contributed by atoms with Crippen LogP contribution in [0.3, 0.4) is 0 Å². The SMILES string of the molecule is Cc1cc(OCc2csc(-c3ccc4c(c3)OCO4)n2)ccc1[N+](=O)[O-]. The zero-order chi connectivity index (χ0) is 18.1. The van der Waals surface area contributed by atoms with Gasteiger partial charge >= 0.3 is 0 Å². The van der Waals surface area contributed by atoms with Gasteiger partial charge < -0.3 is 14.2 Å². The molecule has 4 rings (SSSR count). The molecule has 0 N–H and O–H groups in total. The second-order valence-electron chi connectivity index (χ2n) is 5.71. The van der Waals surface area contributed by atoms with Crippen LogP contribution < -0.4 is 14.2 Å². The molecular formula is C18H14N2O5S. The highest BCUT2D eigenvalue weighted by Crippen LogP contribution is 2.36. The van der Waals surface area contributed by atoms with Gasteiger partial charge in [0.25, 0.3) is 5.69 Å². The lowest BCUT2D eigenvalue weighted by molar-refractivity contribution is -0.385. The molecule has 0 saturated carbocycles. The minimum atomic E-state index is -0.406. The fourth-order valence-corrected chi connectivity index (χ4v) is 3.42. The molecule has 0 unspecified atom stereocenters. The topological polar surface area (TPSA) is 83.7 Å². The van der Waals surface area contributed by atoms with Gasteiger partial charge in [0.2, 0.25) is 6.79 Å². The van der Waals surface area contributed by atoms with Gasteiger partial charge in [-0.25, -0.2) is 4.98 Å². The van der Waals surface area contributed by atoms with Crippen molar-refractivity contribution in [2.24, 2.45) is 0 Å². The molecule has 26 heavy (non-hydrogen) atoms. The third kappa shape index (κ3) is 3.18. The first-order valence-electron chi connectivity index (χ1n) is 7.82. The predicted octanol–water partition coefficient (Wildman–Crippen LogP) is 4.33. The van der Waals surface area contributed by atoms with E-state index in [0.717, 1.165) is 27.8 Å². The molecule has 0 radical (unpaired) electrons. The van der Waals surface area contributed by atoms with Crippen LogP contribution in [0.4, 0.5) is 5.69 Å². The van der Waals surface area contributed by atoms with Crippen LogP contribution in [0, 0.1) is 17.0 Å². The van der Waals surface area contributed by atoms with E-state index in [0.29, 0.717) is 11.3 Å². The first-order chi connectivity index (χ1) is 12.6. The van der Waals surface area contributed by atoms with E-state index in [4.69, 9.17) is 14.2 Å². The average Bonchev–Trinajstić information content (AvgIpc) is 3.28. The zero-order valence-electron chi connectivity index (χ0n) is 13.8. The van der Waals surface area contributed by atoms with Crippen molar-refractivity contribution in [3.8, 4) is 27.8 Å². The third-order valence-electron chi connectivity index (χ3n) is 3.92. The zero-order valence-corrected chi connectivity index (χ0v) is 14.6. The van der Waals surface area contributed by atoms with Gasteiger partial charge in [0.15, 0.2) is 11.5 Å². The second kappa shape index (κ2) is 6.64. The second-order valence-corrected chi connectivity index (χ2v) is 6.56. The maximum absolute atomic E-state index is 10.9. The summed E-state index contributed by atoms with van der Waals surface area (Å²) in [7, 11) is 0. The Balaban J connectivity index is 1.46. The molecule has 0 atom stereocenters. The van der Waals surface area contributed by atoms with E-state index in [-0.39, 0.29) is 19.1 Å². The van der Waals surface area contributed by atoms with Crippen molar-refractivity contribution >= 4 is 17.0 Å². The van der Waals surface area contributed by atoms with Crippen molar-refractivity contribution in [1.29, 1.82) is 0 Å². The molecule has 1 aliphatic heterocycles. The van der Waals surface area contributed by atoms with Crippen molar-refractivity contribution in [2.45, 2.75) is 13.5 Å². The lowest BCUT2D eigenvalue weighted by Gasteiger charge is -2.05. The number of nitrogens with zero attached hydrogens (tertiary/aromatic N) is 2. The van der Waals surface area contributed by atoms with Gasteiger partial charge in [-0.15, -0.1) is 11.3 Å². The quantitative estimate of drug-likeness (QED) is 0.491. The monoisotopic (exact) mass is 370 g/mol. The highest BCUT2D eigenvalue weighted by Gasteiger charge is 2.15. The number of hydrogen-bond acceptors (Lipinski definition) is 7. The molecule has 1 aliphatic rings. The first kappa shape index (κ1) is 16.3. The molecule has 132 valence electrons. The van der Waals surface area contributed by atoms with E-state index in [9.17, 15) is 10.1 Å². The number of benzene rings is 2. The number of thiazole rings is 1. The summed E-state index contributed by atoms with van der Waals surface area (Å²) in [5.74, 6) is 2.03. The molecule has 1 aromatic heterocycles. The summed E-state index contributed by atoms with van der Waals surface area (Å²) < 4.78 is 16.4. The summed E-state index contributed by atoms with van der Waals surface area (Å²) >= 11 is 1.52. The summed E-state index contributed by atoms with van der Waals surface area (Å²) in [4.78, 5) is 15.0. The molecule has 8 heteroatoms. The van der Waals surface area contributed by atoms with Gasteiger partial charge in [-0.2, -0.15) is 0 Å². The molecular weight excluding hydrogens is 356 g/mol. The fraction of sp³-hybridized carbons (Fsp3) is 0.167. The number of fused-ring (bicyclic) bond motifs is 1. The van der Waals surface area contributed by atoms with Crippen LogP contribution in [0.5, 0.6) is 17.2 Å². The van der Waals surface area contributed by atoms with Gasteiger partial charge in [0.05, 0.1) is 10.6 Å². The Kier molecular flexibility index (Phi) is 4.18. The highest BCUT2D eigenvalue weighted by molar-refractivity contribution is 7.13. The molecule has 7 nitrogen and oxygen atoms in total. The lowest BCUT2D eigenvalue weighted by Crippen LogP contribution is -1.97. The van der Waals surface area contributed by atoms with Gasteiger partial charge in [0.1, 0.15) is 17.4 Å². The van der Waals surface area contributed by atoms with Crippen molar-refractivity contribution in [3.63, 3.8) is 0 Å². The molecule has 0 spiro atoms. The van der Waals surface area contributed by atoms with Crippen LogP contribution in [0.1, 0.15) is 11.3 Å². The number of nitro benzene ring substituents is 1. The molecule has 0 fully saturated rings. The average molecular weight is 370 g/mol. The molecule has 3 aromatic rings. The Morgan fingerprint density at radius 1 is 1.23 bits per heavy atom. The van der Waals surface area contributed by atoms with Crippen LogP contribution in [0.2, 0.25) is 0 Å². The molecule has 0 amide bonds. The number of rotatable bonds is 5. The van der Waals surface area contributed by atoms with Crippen LogP contribution in [0.15, 0.2) is 41.8 Å². The Morgan fingerprint density at radius 3 is 2.88 bits per heavy atom. The van der Waals surface area contributed by atoms with Crippen molar-refractivity contribution in [2.75, 3.05) is 6.79 Å². The predicted molar refractivity (Wildman–Crippen MR) is 95.8 cm³/mol. The first-order valence-corrected chi connectivity index (χ1v) is 8.70. The summed E-state index contributed by atoms with van der Waals surface area (Å²) in [5, 5.41) is 13.7. The smallest absolute Gasteiger partial charge is 0.272 e. The van der Waals surface area contributed by atoms with Gasteiger partial charge in [-0.3, -0.25) is 10.1 Å². The molecule has 0 aliphatic carbocycles. The molecule has 0 saturated heterocycles. The molecule has 2 aromatic carbocycles. The Morgan fingerprint density at radius 2 is 2.08 bits per heavy atom. The number of hydrogen-bond donors (Lipinski definition) is 0. The standard InChI is InChI=1S/C18H14N2O5S/c1-11-6-14(3-4-15(11)20(21)22)23-8-13-9-26-18(19-13)12-2-5-16-17(7-12)25-10-24-16/h2-7,9H,8,10H2,1H3. The normalized spacial score (nSPS) is 12.2. The van der Waals surface area contributed by atoms with Gasteiger partial charge in [-0.05, 0) is 37.3 Å². The van der Waals surface area contributed by atoms with Crippen molar-refractivity contribution < 1.29 is 19.1 Å².